The Bertz CT molecular complexity index is 1000. The van der Waals surface area contributed by atoms with Gasteiger partial charge in [-0.05, 0) is 73.9 Å². The van der Waals surface area contributed by atoms with E-state index < -0.39 is 5.41 Å². The molecule has 0 radical (unpaired) electrons. The average molecular weight is 534 g/mol. The molecule has 0 aromatic heterocycles. The van der Waals surface area contributed by atoms with Crippen LogP contribution in [0.2, 0.25) is 0 Å². The van der Waals surface area contributed by atoms with Crippen molar-refractivity contribution in [1.82, 2.24) is 0 Å². The second-order valence-electron chi connectivity index (χ2n) is 10.9. The van der Waals surface area contributed by atoms with Crippen molar-refractivity contribution in [2.75, 3.05) is 14.2 Å². The van der Waals surface area contributed by atoms with E-state index in [2.05, 4.69) is 35.4 Å². The maximum atomic E-state index is 10.4. The van der Waals surface area contributed by atoms with Crippen molar-refractivity contribution in [1.29, 1.82) is 5.26 Å². The number of nitrogens with zero attached hydrogens (tertiary/aromatic N) is 3. The Hall–Kier alpha value is -2.87. The first-order valence-corrected chi connectivity index (χ1v) is 15.2. The molecule has 0 heterocycles. The summed E-state index contributed by atoms with van der Waals surface area (Å²) < 4.78 is 5.36. The molecule has 0 fully saturated rings. The predicted octanol–water partition coefficient (Wildman–Crippen LogP) is 9.73. The van der Waals surface area contributed by atoms with E-state index in [1.54, 1.807) is 26.3 Å². The average Bonchev–Trinajstić information content (AvgIpc) is 2.96. The summed E-state index contributed by atoms with van der Waals surface area (Å²) in [6.45, 7) is 2.26. The van der Waals surface area contributed by atoms with Gasteiger partial charge in [-0.3, -0.25) is 0 Å². The normalized spacial score (nSPS) is 13.7. The minimum absolute atomic E-state index is 0.124. The van der Waals surface area contributed by atoms with Gasteiger partial charge in [0, 0.05) is 7.05 Å². The number of aryl methyl sites for hydroxylation is 1. The van der Waals surface area contributed by atoms with Gasteiger partial charge in [-0.25, -0.2) is 0 Å². The summed E-state index contributed by atoms with van der Waals surface area (Å²) in [5, 5.41) is 29.2. The van der Waals surface area contributed by atoms with E-state index >= 15 is 0 Å². The fourth-order valence-corrected chi connectivity index (χ4v) is 5.53. The lowest BCUT2D eigenvalue weighted by molar-refractivity contribution is 0.397. The molecule has 214 valence electrons. The number of azo groups is 1. The number of nitriles is 1. The largest absolute Gasteiger partial charge is 0.508 e. The SMILES string of the molecule is CCCCCCCCCCCCC(C#N)(CCCC(CCc1cccc(OC)c1)/N=N/C)c1cccc(O)c1. The zero-order valence-electron chi connectivity index (χ0n) is 24.7. The van der Waals surface area contributed by atoms with Crippen LogP contribution in [0.15, 0.2) is 58.8 Å². The second-order valence-corrected chi connectivity index (χ2v) is 10.9. The maximum Gasteiger partial charge on any atom is 0.119 e. The molecule has 0 aliphatic carbocycles. The number of rotatable bonds is 21. The zero-order chi connectivity index (χ0) is 28.2. The Labute approximate surface area is 237 Å². The van der Waals surface area contributed by atoms with Gasteiger partial charge in [0.2, 0.25) is 0 Å². The molecule has 0 aliphatic rings. The Morgan fingerprint density at radius 1 is 0.872 bits per heavy atom. The number of phenolic OH excluding ortho intramolecular Hbond substituents is 1. The molecular formula is C34H51N3O2. The van der Waals surface area contributed by atoms with E-state index in [9.17, 15) is 10.4 Å². The van der Waals surface area contributed by atoms with Crippen LogP contribution in [0.1, 0.15) is 114 Å². The summed E-state index contributed by atoms with van der Waals surface area (Å²) >= 11 is 0. The molecule has 0 amide bonds. The lowest BCUT2D eigenvalue weighted by Gasteiger charge is -2.28. The molecule has 5 nitrogen and oxygen atoms in total. The van der Waals surface area contributed by atoms with Crippen LogP contribution < -0.4 is 4.74 Å². The molecule has 2 rings (SSSR count). The molecule has 5 heteroatoms. The van der Waals surface area contributed by atoms with E-state index in [1.807, 2.05) is 24.3 Å². The summed E-state index contributed by atoms with van der Waals surface area (Å²) in [5.74, 6) is 1.10. The Balaban J connectivity index is 1.92. The van der Waals surface area contributed by atoms with Crippen LogP contribution in [-0.4, -0.2) is 25.3 Å². The standard InChI is InChI=1S/C34H51N3O2/c1-4-5-6-7-8-9-10-11-12-13-24-34(28-35,30-18-15-20-32(38)27-30)25-16-19-31(37-36-2)23-22-29-17-14-21-33(26-29)39-3/h14-15,17-18,20-21,26-27,31,38H,4-13,16,19,22-25H2,1-3H3/b37-36+. The maximum absolute atomic E-state index is 10.4. The van der Waals surface area contributed by atoms with E-state index in [4.69, 9.17) is 4.74 Å². The first-order chi connectivity index (χ1) is 19.1. The molecule has 2 atom stereocenters. The Kier molecular flexibility index (Phi) is 15.9. The van der Waals surface area contributed by atoms with Crippen molar-refractivity contribution in [2.45, 2.75) is 121 Å². The van der Waals surface area contributed by atoms with Gasteiger partial charge >= 0.3 is 0 Å². The number of benzene rings is 2. The molecule has 0 aliphatic heterocycles. The van der Waals surface area contributed by atoms with Crippen LogP contribution in [0.3, 0.4) is 0 Å². The van der Waals surface area contributed by atoms with E-state index in [1.165, 1.54) is 56.9 Å². The van der Waals surface area contributed by atoms with Crippen LogP contribution in [0, 0.1) is 11.3 Å². The van der Waals surface area contributed by atoms with Gasteiger partial charge in [0.15, 0.2) is 0 Å². The summed E-state index contributed by atoms with van der Waals surface area (Å²) in [4.78, 5) is 0. The number of hydrogen-bond donors (Lipinski definition) is 1. The molecule has 0 bridgehead atoms. The summed E-state index contributed by atoms with van der Waals surface area (Å²) in [6, 6.07) is 18.3. The third-order valence-corrected chi connectivity index (χ3v) is 7.89. The van der Waals surface area contributed by atoms with Gasteiger partial charge in [0.1, 0.15) is 11.5 Å². The highest BCUT2D eigenvalue weighted by Gasteiger charge is 2.32. The first kappa shape index (κ1) is 32.3. The van der Waals surface area contributed by atoms with Crippen molar-refractivity contribution < 1.29 is 9.84 Å². The molecule has 1 N–H and O–H groups in total. The summed E-state index contributed by atoms with van der Waals surface area (Å²) in [6.07, 6.45) is 18.0. The fraction of sp³-hybridized carbons (Fsp3) is 0.618. The third-order valence-electron chi connectivity index (χ3n) is 7.89. The molecule has 0 saturated heterocycles. The summed E-state index contributed by atoms with van der Waals surface area (Å²) in [7, 11) is 3.42. The Morgan fingerprint density at radius 3 is 2.18 bits per heavy atom. The van der Waals surface area contributed by atoms with E-state index in [-0.39, 0.29) is 11.8 Å². The van der Waals surface area contributed by atoms with E-state index in [0.717, 1.165) is 62.7 Å². The highest BCUT2D eigenvalue weighted by Crippen LogP contribution is 2.37. The lowest BCUT2D eigenvalue weighted by atomic mass is 9.73. The number of phenols is 1. The quantitative estimate of drug-likeness (QED) is 0.128. The van der Waals surface area contributed by atoms with Gasteiger partial charge in [0.05, 0.1) is 24.6 Å². The van der Waals surface area contributed by atoms with Crippen LogP contribution in [0.5, 0.6) is 11.5 Å². The van der Waals surface area contributed by atoms with Crippen molar-refractivity contribution >= 4 is 0 Å². The van der Waals surface area contributed by atoms with Crippen molar-refractivity contribution in [3.05, 3.63) is 59.7 Å². The van der Waals surface area contributed by atoms with Crippen LogP contribution in [-0.2, 0) is 11.8 Å². The van der Waals surface area contributed by atoms with Crippen LogP contribution in [0.4, 0.5) is 0 Å². The smallest absolute Gasteiger partial charge is 0.119 e. The molecule has 2 aromatic rings. The first-order valence-electron chi connectivity index (χ1n) is 15.2. The van der Waals surface area contributed by atoms with Crippen molar-refractivity contribution in [3.63, 3.8) is 0 Å². The van der Waals surface area contributed by atoms with Gasteiger partial charge in [-0.1, -0.05) is 95.4 Å². The highest BCUT2D eigenvalue weighted by atomic mass is 16.5. The molecule has 0 spiro atoms. The number of aromatic hydroxyl groups is 1. The van der Waals surface area contributed by atoms with Gasteiger partial charge in [0.25, 0.3) is 0 Å². The molecule has 2 aromatic carbocycles. The third kappa shape index (κ3) is 12.2. The number of hydrogen-bond acceptors (Lipinski definition) is 5. The van der Waals surface area contributed by atoms with Crippen molar-refractivity contribution in [3.8, 4) is 17.6 Å². The summed E-state index contributed by atoms with van der Waals surface area (Å²) in [5.41, 5.74) is 1.59. The van der Waals surface area contributed by atoms with Gasteiger partial charge < -0.3 is 9.84 Å². The van der Waals surface area contributed by atoms with Crippen LogP contribution in [0.25, 0.3) is 0 Å². The number of ether oxygens (including phenoxy) is 1. The van der Waals surface area contributed by atoms with Gasteiger partial charge in [-0.2, -0.15) is 15.5 Å². The minimum Gasteiger partial charge on any atom is -0.508 e. The predicted molar refractivity (Wildman–Crippen MR) is 162 cm³/mol. The molecule has 0 saturated carbocycles. The topological polar surface area (TPSA) is 78.0 Å². The zero-order valence-corrected chi connectivity index (χ0v) is 24.7. The Morgan fingerprint density at radius 2 is 1.54 bits per heavy atom. The van der Waals surface area contributed by atoms with E-state index in [0.29, 0.717) is 0 Å². The van der Waals surface area contributed by atoms with Crippen molar-refractivity contribution in [2.24, 2.45) is 10.2 Å². The highest BCUT2D eigenvalue weighted by molar-refractivity contribution is 5.37. The van der Waals surface area contributed by atoms with Crippen LogP contribution >= 0.6 is 0 Å². The second kappa shape index (κ2) is 19.2. The monoisotopic (exact) mass is 533 g/mol. The number of methoxy groups -OCH3 is 1. The van der Waals surface area contributed by atoms with Gasteiger partial charge in [-0.15, -0.1) is 0 Å². The lowest BCUT2D eigenvalue weighted by Crippen LogP contribution is -2.25. The molecular weight excluding hydrogens is 482 g/mol. The number of unbranched alkanes of at least 4 members (excludes halogenated alkanes) is 9. The fourth-order valence-electron chi connectivity index (χ4n) is 5.53. The molecule has 2 unspecified atom stereocenters. The minimum atomic E-state index is -0.584. The molecule has 39 heavy (non-hydrogen) atoms.